The highest BCUT2D eigenvalue weighted by atomic mass is 16.5. The lowest BCUT2D eigenvalue weighted by Crippen LogP contribution is -1.97. The number of aliphatic carboxylic acids is 1. The summed E-state index contributed by atoms with van der Waals surface area (Å²) in [6.07, 6.45) is 2.55. The van der Waals surface area contributed by atoms with E-state index in [-0.39, 0.29) is 0 Å². The molecule has 1 aromatic carbocycles. The summed E-state index contributed by atoms with van der Waals surface area (Å²) in [6, 6.07) is 5.32. The Bertz CT molecular complexity index is 396. The fourth-order valence-electron chi connectivity index (χ4n) is 1.28. The highest BCUT2D eigenvalue weighted by Crippen LogP contribution is 2.31. The maximum atomic E-state index is 10.4. The van der Waals surface area contributed by atoms with Gasteiger partial charge in [-0.05, 0) is 19.1 Å². The maximum Gasteiger partial charge on any atom is 0.328 e. The SMILES string of the molecule is CCOc1c(C=CC(=O)O)cccc1OC. The van der Waals surface area contributed by atoms with Crippen molar-refractivity contribution in [2.75, 3.05) is 13.7 Å². The number of hydrogen-bond donors (Lipinski definition) is 1. The standard InChI is InChI=1S/C12H14O4/c1-3-16-12-9(7-8-11(13)14)5-4-6-10(12)15-2/h4-8H,3H2,1-2H3,(H,13,14). The predicted octanol–water partition coefficient (Wildman–Crippen LogP) is 2.19. The third-order valence-corrected chi connectivity index (χ3v) is 1.92. The Morgan fingerprint density at radius 3 is 2.81 bits per heavy atom. The van der Waals surface area contributed by atoms with E-state index in [0.29, 0.717) is 23.7 Å². The summed E-state index contributed by atoms with van der Waals surface area (Å²) < 4.78 is 10.6. The zero-order chi connectivity index (χ0) is 12.0. The van der Waals surface area contributed by atoms with Crippen molar-refractivity contribution in [1.82, 2.24) is 0 Å². The summed E-state index contributed by atoms with van der Waals surface area (Å²) in [5, 5.41) is 8.56. The molecule has 0 saturated heterocycles. The van der Waals surface area contributed by atoms with E-state index in [1.54, 1.807) is 25.3 Å². The maximum absolute atomic E-state index is 10.4. The Kier molecular flexibility index (Phi) is 4.39. The fourth-order valence-corrected chi connectivity index (χ4v) is 1.28. The van der Waals surface area contributed by atoms with E-state index in [4.69, 9.17) is 14.6 Å². The Morgan fingerprint density at radius 2 is 2.25 bits per heavy atom. The van der Waals surface area contributed by atoms with Gasteiger partial charge in [0, 0.05) is 11.6 Å². The molecule has 0 bridgehead atoms. The van der Waals surface area contributed by atoms with Crippen molar-refractivity contribution in [2.24, 2.45) is 0 Å². The number of ether oxygens (including phenoxy) is 2. The quantitative estimate of drug-likeness (QED) is 0.776. The highest BCUT2D eigenvalue weighted by molar-refractivity contribution is 5.86. The van der Waals surface area contributed by atoms with Gasteiger partial charge in [-0.3, -0.25) is 0 Å². The van der Waals surface area contributed by atoms with Gasteiger partial charge in [-0.25, -0.2) is 4.79 Å². The first kappa shape index (κ1) is 12.1. The van der Waals surface area contributed by atoms with Crippen LogP contribution in [0, 0.1) is 0 Å². The van der Waals surface area contributed by atoms with Crippen molar-refractivity contribution in [3.05, 3.63) is 29.8 Å². The predicted molar refractivity (Wildman–Crippen MR) is 60.8 cm³/mol. The second-order valence-corrected chi connectivity index (χ2v) is 2.98. The zero-order valence-electron chi connectivity index (χ0n) is 9.27. The number of rotatable bonds is 5. The second kappa shape index (κ2) is 5.80. The van der Waals surface area contributed by atoms with Gasteiger partial charge in [-0.1, -0.05) is 12.1 Å². The van der Waals surface area contributed by atoms with Crippen molar-refractivity contribution in [3.63, 3.8) is 0 Å². The van der Waals surface area contributed by atoms with Gasteiger partial charge in [0.15, 0.2) is 11.5 Å². The van der Waals surface area contributed by atoms with Crippen molar-refractivity contribution in [2.45, 2.75) is 6.92 Å². The van der Waals surface area contributed by atoms with Crippen molar-refractivity contribution >= 4 is 12.0 Å². The van der Waals surface area contributed by atoms with Gasteiger partial charge < -0.3 is 14.6 Å². The lowest BCUT2D eigenvalue weighted by molar-refractivity contribution is -0.131. The molecule has 0 heterocycles. The molecule has 16 heavy (non-hydrogen) atoms. The molecule has 1 N–H and O–H groups in total. The van der Waals surface area contributed by atoms with E-state index in [0.717, 1.165) is 6.08 Å². The van der Waals surface area contributed by atoms with Gasteiger partial charge in [-0.2, -0.15) is 0 Å². The summed E-state index contributed by atoms with van der Waals surface area (Å²) in [6.45, 7) is 2.35. The minimum Gasteiger partial charge on any atom is -0.493 e. The molecule has 0 atom stereocenters. The zero-order valence-corrected chi connectivity index (χ0v) is 9.27. The average Bonchev–Trinajstić information content (AvgIpc) is 2.27. The van der Waals surface area contributed by atoms with Crippen LogP contribution < -0.4 is 9.47 Å². The van der Waals surface area contributed by atoms with Crippen LogP contribution in [0.25, 0.3) is 6.08 Å². The molecule has 86 valence electrons. The summed E-state index contributed by atoms with van der Waals surface area (Å²) in [4.78, 5) is 10.4. The summed E-state index contributed by atoms with van der Waals surface area (Å²) in [5.41, 5.74) is 0.684. The Labute approximate surface area is 94.1 Å². The van der Waals surface area contributed by atoms with Gasteiger partial charge in [0.2, 0.25) is 0 Å². The van der Waals surface area contributed by atoms with Crippen LogP contribution in [0.4, 0.5) is 0 Å². The third kappa shape index (κ3) is 3.02. The molecular weight excluding hydrogens is 208 g/mol. The topological polar surface area (TPSA) is 55.8 Å². The van der Waals surface area contributed by atoms with E-state index >= 15 is 0 Å². The van der Waals surface area contributed by atoms with Crippen molar-refractivity contribution in [3.8, 4) is 11.5 Å². The molecular formula is C12H14O4. The molecule has 0 saturated carbocycles. The van der Waals surface area contributed by atoms with E-state index in [2.05, 4.69) is 0 Å². The van der Waals surface area contributed by atoms with Crippen LogP contribution in [0.1, 0.15) is 12.5 Å². The van der Waals surface area contributed by atoms with Crippen LogP contribution in [0.3, 0.4) is 0 Å². The van der Waals surface area contributed by atoms with Crippen LogP contribution in [0.5, 0.6) is 11.5 Å². The highest BCUT2D eigenvalue weighted by Gasteiger charge is 2.07. The van der Waals surface area contributed by atoms with Gasteiger partial charge >= 0.3 is 5.97 Å². The van der Waals surface area contributed by atoms with Gasteiger partial charge in [0.05, 0.1) is 13.7 Å². The molecule has 0 aliphatic heterocycles. The minimum absolute atomic E-state index is 0.494. The Balaban J connectivity index is 3.10. The molecule has 0 fully saturated rings. The van der Waals surface area contributed by atoms with Crippen LogP contribution in [-0.2, 0) is 4.79 Å². The summed E-state index contributed by atoms with van der Waals surface area (Å²) in [7, 11) is 1.54. The number of para-hydroxylation sites is 1. The second-order valence-electron chi connectivity index (χ2n) is 2.98. The van der Waals surface area contributed by atoms with Crippen LogP contribution in [0.15, 0.2) is 24.3 Å². The molecule has 0 aliphatic carbocycles. The number of benzene rings is 1. The molecule has 0 aliphatic rings. The summed E-state index contributed by atoms with van der Waals surface area (Å²) in [5.74, 6) is 0.157. The molecule has 0 aromatic heterocycles. The molecule has 0 spiro atoms. The first-order valence-electron chi connectivity index (χ1n) is 4.89. The lowest BCUT2D eigenvalue weighted by Gasteiger charge is -2.11. The molecule has 0 unspecified atom stereocenters. The summed E-state index contributed by atoms with van der Waals surface area (Å²) >= 11 is 0. The van der Waals surface area contributed by atoms with Crippen LogP contribution >= 0.6 is 0 Å². The molecule has 4 heteroatoms. The Hall–Kier alpha value is -1.97. The fraction of sp³-hybridized carbons (Fsp3) is 0.250. The Morgan fingerprint density at radius 1 is 1.50 bits per heavy atom. The van der Waals surface area contributed by atoms with Crippen molar-refractivity contribution < 1.29 is 19.4 Å². The average molecular weight is 222 g/mol. The van der Waals surface area contributed by atoms with E-state index < -0.39 is 5.97 Å². The number of carboxylic acid groups (broad SMARTS) is 1. The monoisotopic (exact) mass is 222 g/mol. The molecule has 0 amide bonds. The largest absolute Gasteiger partial charge is 0.493 e. The van der Waals surface area contributed by atoms with Gasteiger partial charge in [0.1, 0.15) is 0 Å². The lowest BCUT2D eigenvalue weighted by atomic mass is 10.1. The van der Waals surface area contributed by atoms with E-state index in [1.165, 1.54) is 6.08 Å². The van der Waals surface area contributed by atoms with E-state index in [1.807, 2.05) is 6.92 Å². The first-order chi connectivity index (χ1) is 7.69. The molecule has 4 nitrogen and oxygen atoms in total. The first-order valence-corrected chi connectivity index (χ1v) is 4.89. The molecule has 1 rings (SSSR count). The number of hydrogen-bond acceptors (Lipinski definition) is 3. The van der Waals surface area contributed by atoms with Gasteiger partial charge in [-0.15, -0.1) is 0 Å². The van der Waals surface area contributed by atoms with Crippen molar-refractivity contribution in [1.29, 1.82) is 0 Å². The number of carbonyl (C=O) groups is 1. The third-order valence-electron chi connectivity index (χ3n) is 1.92. The number of carboxylic acids is 1. The molecule has 0 radical (unpaired) electrons. The number of methoxy groups -OCH3 is 1. The normalized spacial score (nSPS) is 10.4. The van der Waals surface area contributed by atoms with Crippen LogP contribution in [0.2, 0.25) is 0 Å². The van der Waals surface area contributed by atoms with E-state index in [9.17, 15) is 4.79 Å². The molecule has 1 aromatic rings. The minimum atomic E-state index is -0.995. The van der Waals surface area contributed by atoms with Gasteiger partial charge in [0.25, 0.3) is 0 Å². The van der Waals surface area contributed by atoms with Crippen LogP contribution in [-0.4, -0.2) is 24.8 Å². The smallest absolute Gasteiger partial charge is 0.328 e.